The normalized spacial score (nSPS) is 11.5. The van der Waals surface area contributed by atoms with Gasteiger partial charge in [-0.1, -0.05) is 45.1 Å². The van der Waals surface area contributed by atoms with E-state index in [1.54, 1.807) is 0 Å². The van der Waals surface area contributed by atoms with Gasteiger partial charge in [-0.3, -0.25) is 9.59 Å². The van der Waals surface area contributed by atoms with Crippen LogP contribution in [0.5, 0.6) is 0 Å². The van der Waals surface area contributed by atoms with Gasteiger partial charge in [0.1, 0.15) is 0 Å². The Balaban J connectivity index is 2.89. The largest absolute Gasteiger partial charge is 0.481 e. The van der Waals surface area contributed by atoms with Crippen LogP contribution >= 0.6 is 0 Å². The summed E-state index contributed by atoms with van der Waals surface area (Å²) < 4.78 is 0. The molecule has 0 aliphatic heterocycles. The van der Waals surface area contributed by atoms with Crippen LogP contribution in [-0.2, 0) is 10.2 Å². The number of aliphatic carboxylic acids is 1. The number of amides is 1. The number of nitrogens with one attached hydrogen (secondary N) is 1. The Labute approximate surface area is 163 Å². The second-order valence-corrected chi connectivity index (χ2v) is 8.97. The number of carbonyl (C=O) groups is 2. The van der Waals surface area contributed by atoms with E-state index in [-0.39, 0.29) is 23.2 Å². The average molecular weight is 372 g/mol. The molecule has 0 fully saturated rings. The number of benzene rings is 1. The van der Waals surface area contributed by atoms with Crippen LogP contribution in [0, 0.1) is 17.3 Å². The Bertz CT molecular complexity index is 725. The SMILES string of the molecule is CC(C)(C)C#Cc1ccc(C(C)(C)C)c(C(=O)NCCCCCC(=O)O)c1. The number of hydrogen-bond donors (Lipinski definition) is 2. The monoisotopic (exact) mass is 371 g/mol. The Kier molecular flexibility index (Phi) is 8.09. The fourth-order valence-electron chi connectivity index (χ4n) is 2.60. The molecule has 4 nitrogen and oxygen atoms in total. The molecule has 148 valence electrons. The summed E-state index contributed by atoms with van der Waals surface area (Å²) in [5.41, 5.74) is 2.25. The first kappa shape index (κ1) is 22.8. The van der Waals surface area contributed by atoms with E-state index in [4.69, 9.17) is 5.11 Å². The molecule has 0 aliphatic carbocycles. The zero-order valence-electron chi connectivity index (χ0n) is 17.5. The molecule has 1 aromatic rings. The molecule has 1 rings (SSSR count). The molecule has 0 saturated carbocycles. The van der Waals surface area contributed by atoms with Crippen molar-refractivity contribution in [2.75, 3.05) is 6.54 Å². The number of carbonyl (C=O) groups excluding carboxylic acids is 1. The lowest BCUT2D eigenvalue weighted by Crippen LogP contribution is -2.28. The highest BCUT2D eigenvalue weighted by Crippen LogP contribution is 2.27. The van der Waals surface area contributed by atoms with Crippen molar-refractivity contribution < 1.29 is 14.7 Å². The van der Waals surface area contributed by atoms with Crippen LogP contribution in [-0.4, -0.2) is 23.5 Å². The lowest BCUT2D eigenvalue weighted by Gasteiger charge is -2.23. The van der Waals surface area contributed by atoms with Gasteiger partial charge in [0, 0.05) is 29.5 Å². The van der Waals surface area contributed by atoms with Crippen molar-refractivity contribution in [1.29, 1.82) is 0 Å². The summed E-state index contributed by atoms with van der Waals surface area (Å²) in [4.78, 5) is 23.3. The van der Waals surface area contributed by atoms with Crippen molar-refractivity contribution in [1.82, 2.24) is 5.32 Å². The maximum absolute atomic E-state index is 12.8. The molecule has 0 radical (unpaired) electrons. The van der Waals surface area contributed by atoms with Gasteiger partial charge in [-0.05, 0) is 56.7 Å². The van der Waals surface area contributed by atoms with Crippen molar-refractivity contribution in [3.63, 3.8) is 0 Å². The fraction of sp³-hybridized carbons (Fsp3) is 0.565. The molecular weight excluding hydrogens is 338 g/mol. The van der Waals surface area contributed by atoms with Crippen LogP contribution in [0.2, 0.25) is 0 Å². The van der Waals surface area contributed by atoms with Gasteiger partial charge in [-0.15, -0.1) is 0 Å². The fourth-order valence-corrected chi connectivity index (χ4v) is 2.60. The standard InChI is InChI=1S/C23H33NO3/c1-22(2,3)14-13-17-11-12-19(23(4,5)6)18(16-17)21(27)24-15-9-7-8-10-20(25)26/h11-12,16H,7-10,15H2,1-6H3,(H,24,27)(H,25,26). The number of hydrogen-bond acceptors (Lipinski definition) is 2. The van der Waals surface area contributed by atoms with Crippen LogP contribution < -0.4 is 5.32 Å². The van der Waals surface area contributed by atoms with E-state index in [9.17, 15) is 9.59 Å². The van der Waals surface area contributed by atoms with Gasteiger partial charge in [0.05, 0.1) is 0 Å². The average Bonchev–Trinajstić information content (AvgIpc) is 2.53. The summed E-state index contributed by atoms with van der Waals surface area (Å²) >= 11 is 0. The second-order valence-electron chi connectivity index (χ2n) is 8.97. The third kappa shape index (κ3) is 8.77. The smallest absolute Gasteiger partial charge is 0.303 e. The maximum atomic E-state index is 12.8. The van der Waals surface area contributed by atoms with Crippen molar-refractivity contribution in [2.24, 2.45) is 5.41 Å². The van der Waals surface area contributed by atoms with Gasteiger partial charge in [0.2, 0.25) is 0 Å². The minimum absolute atomic E-state index is 0.0962. The molecule has 0 saturated heterocycles. The number of carboxylic acids is 1. The quantitative estimate of drug-likeness (QED) is 0.536. The lowest BCUT2D eigenvalue weighted by atomic mass is 9.82. The summed E-state index contributed by atoms with van der Waals surface area (Å²) in [6, 6.07) is 5.84. The summed E-state index contributed by atoms with van der Waals surface area (Å²) in [5, 5.41) is 11.6. The first-order chi connectivity index (χ1) is 12.4. The molecule has 0 atom stereocenters. The van der Waals surface area contributed by atoms with Crippen LogP contribution in [0.3, 0.4) is 0 Å². The molecule has 0 heterocycles. The molecular formula is C23H33NO3. The van der Waals surface area contributed by atoms with E-state index < -0.39 is 5.97 Å². The van der Waals surface area contributed by atoms with Crippen molar-refractivity contribution in [2.45, 2.75) is 72.6 Å². The molecule has 4 heteroatoms. The predicted molar refractivity (Wildman–Crippen MR) is 110 cm³/mol. The van der Waals surface area contributed by atoms with Crippen LogP contribution in [0.15, 0.2) is 18.2 Å². The van der Waals surface area contributed by atoms with Crippen LogP contribution in [0.4, 0.5) is 0 Å². The van der Waals surface area contributed by atoms with Crippen molar-refractivity contribution in [3.05, 3.63) is 34.9 Å². The summed E-state index contributed by atoms with van der Waals surface area (Å²) in [5.74, 6) is 5.50. The zero-order valence-corrected chi connectivity index (χ0v) is 17.5. The topological polar surface area (TPSA) is 66.4 Å². The van der Waals surface area contributed by atoms with Gasteiger partial charge in [0.15, 0.2) is 0 Å². The third-order valence-corrected chi connectivity index (χ3v) is 4.01. The van der Waals surface area contributed by atoms with E-state index in [0.717, 1.165) is 24.0 Å². The molecule has 0 aromatic heterocycles. The number of rotatable bonds is 7. The molecule has 2 N–H and O–H groups in total. The summed E-state index contributed by atoms with van der Waals surface area (Å²) in [6.07, 6.45) is 2.37. The molecule has 0 unspecified atom stereocenters. The van der Waals surface area contributed by atoms with Gasteiger partial charge < -0.3 is 10.4 Å². The minimum Gasteiger partial charge on any atom is -0.481 e. The van der Waals surface area contributed by atoms with Crippen LogP contribution in [0.25, 0.3) is 0 Å². The molecule has 0 aliphatic rings. The molecule has 0 spiro atoms. The van der Waals surface area contributed by atoms with E-state index >= 15 is 0 Å². The van der Waals surface area contributed by atoms with E-state index in [1.807, 2.05) is 18.2 Å². The highest BCUT2D eigenvalue weighted by molar-refractivity contribution is 5.96. The number of unbranched alkanes of at least 4 members (excludes halogenated alkanes) is 2. The minimum atomic E-state index is -0.776. The van der Waals surface area contributed by atoms with E-state index in [2.05, 4.69) is 58.7 Å². The maximum Gasteiger partial charge on any atom is 0.303 e. The molecule has 0 bridgehead atoms. The molecule has 1 aromatic carbocycles. The van der Waals surface area contributed by atoms with Crippen LogP contribution in [0.1, 0.15) is 88.7 Å². The van der Waals surface area contributed by atoms with E-state index in [0.29, 0.717) is 18.5 Å². The Hall–Kier alpha value is -2.28. The number of carboxylic acid groups (broad SMARTS) is 1. The first-order valence-electron chi connectivity index (χ1n) is 9.58. The summed E-state index contributed by atoms with van der Waals surface area (Å²) in [7, 11) is 0. The Morgan fingerprint density at radius 3 is 2.26 bits per heavy atom. The van der Waals surface area contributed by atoms with Gasteiger partial charge in [-0.2, -0.15) is 0 Å². The third-order valence-electron chi connectivity index (χ3n) is 4.01. The second kappa shape index (κ2) is 9.60. The van der Waals surface area contributed by atoms with Gasteiger partial charge in [-0.25, -0.2) is 0 Å². The van der Waals surface area contributed by atoms with Gasteiger partial charge >= 0.3 is 5.97 Å². The molecule has 27 heavy (non-hydrogen) atoms. The lowest BCUT2D eigenvalue weighted by molar-refractivity contribution is -0.137. The van der Waals surface area contributed by atoms with Crippen molar-refractivity contribution in [3.8, 4) is 11.8 Å². The van der Waals surface area contributed by atoms with Gasteiger partial charge in [0.25, 0.3) is 5.91 Å². The Morgan fingerprint density at radius 2 is 1.70 bits per heavy atom. The highest BCUT2D eigenvalue weighted by atomic mass is 16.4. The predicted octanol–water partition coefficient (Wildman–Crippen LogP) is 4.76. The highest BCUT2D eigenvalue weighted by Gasteiger charge is 2.22. The first-order valence-corrected chi connectivity index (χ1v) is 9.58. The zero-order chi connectivity index (χ0) is 20.7. The van der Waals surface area contributed by atoms with Crippen molar-refractivity contribution >= 4 is 11.9 Å². The molecule has 1 amide bonds. The van der Waals surface area contributed by atoms with E-state index in [1.165, 1.54) is 0 Å². The Morgan fingerprint density at radius 1 is 1.04 bits per heavy atom. The summed E-state index contributed by atoms with van der Waals surface area (Å²) in [6.45, 7) is 13.0.